The monoisotopic (exact) mass is 243 g/mol. The summed E-state index contributed by atoms with van der Waals surface area (Å²) < 4.78 is 1.82. The summed E-state index contributed by atoms with van der Waals surface area (Å²) in [6, 6.07) is 10.1. The van der Waals surface area contributed by atoms with E-state index in [-0.39, 0.29) is 11.3 Å². The molecule has 0 atom stereocenters. The molecule has 0 saturated carbocycles. The van der Waals surface area contributed by atoms with Gasteiger partial charge in [-0.25, -0.2) is 5.84 Å². The van der Waals surface area contributed by atoms with Gasteiger partial charge in [-0.2, -0.15) is 0 Å². The van der Waals surface area contributed by atoms with Crippen molar-refractivity contribution < 1.29 is 4.79 Å². The SMILES string of the molecule is NNC(=O)c1ccccc1Cn1ccc(=O)cc1. The lowest BCUT2D eigenvalue weighted by atomic mass is 10.1. The lowest BCUT2D eigenvalue weighted by molar-refractivity contribution is 0.0952. The Morgan fingerprint density at radius 3 is 2.50 bits per heavy atom. The molecule has 0 bridgehead atoms. The third-order valence-corrected chi connectivity index (χ3v) is 2.61. The van der Waals surface area contributed by atoms with Crippen LogP contribution in [0.4, 0.5) is 0 Å². The van der Waals surface area contributed by atoms with Gasteiger partial charge in [0.05, 0.1) is 0 Å². The number of nitrogens with one attached hydrogen (secondary N) is 1. The number of carbonyl (C=O) groups is 1. The first kappa shape index (κ1) is 12.1. The van der Waals surface area contributed by atoms with Crippen LogP contribution in [0.15, 0.2) is 53.6 Å². The zero-order chi connectivity index (χ0) is 13.0. The van der Waals surface area contributed by atoms with Crippen molar-refractivity contribution in [1.82, 2.24) is 9.99 Å². The molecule has 0 aliphatic carbocycles. The molecular weight excluding hydrogens is 230 g/mol. The van der Waals surface area contributed by atoms with E-state index in [2.05, 4.69) is 5.43 Å². The topological polar surface area (TPSA) is 77.1 Å². The molecule has 2 aromatic rings. The van der Waals surface area contributed by atoms with E-state index < -0.39 is 0 Å². The van der Waals surface area contributed by atoms with Crippen LogP contribution in [0, 0.1) is 0 Å². The van der Waals surface area contributed by atoms with Crippen molar-refractivity contribution in [2.45, 2.75) is 6.54 Å². The van der Waals surface area contributed by atoms with E-state index in [1.807, 2.05) is 16.7 Å². The standard InChI is InChI=1S/C13H13N3O2/c14-15-13(18)12-4-2-1-3-10(12)9-16-7-5-11(17)6-8-16/h1-8H,9,14H2,(H,15,18). The zero-order valence-corrected chi connectivity index (χ0v) is 9.67. The van der Waals surface area contributed by atoms with Crippen LogP contribution in [0.5, 0.6) is 0 Å². The van der Waals surface area contributed by atoms with E-state index in [1.54, 1.807) is 24.5 Å². The molecule has 5 heteroatoms. The van der Waals surface area contributed by atoms with Gasteiger partial charge in [-0.1, -0.05) is 18.2 Å². The molecule has 0 aliphatic rings. The summed E-state index contributed by atoms with van der Waals surface area (Å²) in [5, 5.41) is 0. The molecule has 0 saturated heterocycles. The Morgan fingerprint density at radius 1 is 1.17 bits per heavy atom. The van der Waals surface area contributed by atoms with Crippen LogP contribution in [0.25, 0.3) is 0 Å². The molecule has 92 valence electrons. The summed E-state index contributed by atoms with van der Waals surface area (Å²) >= 11 is 0. The van der Waals surface area contributed by atoms with E-state index in [1.165, 1.54) is 12.1 Å². The van der Waals surface area contributed by atoms with E-state index in [0.717, 1.165) is 5.56 Å². The van der Waals surface area contributed by atoms with Gasteiger partial charge in [0.2, 0.25) is 0 Å². The minimum atomic E-state index is -0.327. The van der Waals surface area contributed by atoms with E-state index >= 15 is 0 Å². The molecule has 1 aromatic carbocycles. The van der Waals surface area contributed by atoms with Gasteiger partial charge in [0, 0.05) is 36.6 Å². The van der Waals surface area contributed by atoms with Crippen molar-refractivity contribution in [3.63, 3.8) is 0 Å². The van der Waals surface area contributed by atoms with Gasteiger partial charge in [0.15, 0.2) is 5.43 Å². The van der Waals surface area contributed by atoms with Gasteiger partial charge < -0.3 is 4.57 Å². The Kier molecular flexibility index (Phi) is 3.54. The third kappa shape index (κ3) is 2.64. The Labute approximate surface area is 104 Å². The Morgan fingerprint density at radius 2 is 1.83 bits per heavy atom. The largest absolute Gasteiger partial charge is 0.350 e. The molecule has 1 heterocycles. The minimum absolute atomic E-state index is 0.0424. The summed E-state index contributed by atoms with van der Waals surface area (Å²) in [6.45, 7) is 0.504. The normalized spacial score (nSPS) is 10.1. The fourth-order valence-corrected chi connectivity index (χ4v) is 1.70. The summed E-state index contributed by atoms with van der Waals surface area (Å²) in [5.74, 6) is 4.81. The molecule has 0 unspecified atom stereocenters. The number of nitrogens with zero attached hydrogens (tertiary/aromatic N) is 1. The number of hydrogen-bond donors (Lipinski definition) is 2. The molecule has 0 spiro atoms. The van der Waals surface area contributed by atoms with Crippen molar-refractivity contribution in [3.05, 3.63) is 70.1 Å². The van der Waals surface area contributed by atoms with E-state index in [9.17, 15) is 9.59 Å². The van der Waals surface area contributed by atoms with Crippen LogP contribution in [0.1, 0.15) is 15.9 Å². The van der Waals surface area contributed by atoms with Gasteiger partial charge >= 0.3 is 0 Å². The second kappa shape index (κ2) is 5.29. The third-order valence-electron chi connectivity index (χ3n) is 2.61. The number of hydrogen-bond acceptors (Lipinski definition) is 3. The second-order valence-electron chi connectivity index (χ2n) is 3.84. The number of hydrazine groups is 1. The van der Waals surface area contributed by atoms with Gasteiger partial charge in [-0.3, -0.25) is 15.0 Å². The van der Waals surface area contributed by atoms with Gasteiger partial charge in [-0.05, 0) is 11.6 Å². The average molecular weight is 243 g/mol. The number of carbonyl (C=O) groups excluding carboxylic acids is 1. The van der Waals surface area contributed by atoms with Crippen molar-refractivity contribution in [1.29, 1.82) is 0 Å². The molecule has 0 fully saturated rings. The van der Waals surface area contributed by atoms with E-state index in [0.29, 0.717) is 12.1 Å². The van der Waals surface area contributed by atoms with Crippen molar-refractivity contribution in [2.75, 3.05) is 0 Å². The quantitative estimate of drug-likeness (QED) is 0.468. The summed E-state index contributed by atoms with van der Waals surface area (Å²) in [5.41, 5.74) is 3.44. The van der Waals surface area contributed by atoms with Crippen molar-refractivity contribution >= 4 is 5.91 Å². The van der Waals surface area contributed by atoms with Crippen LogP contribution in [0.2, 0.25) is 0 Å². The van der Waals surface area contributed by atoms with Gasteiger partial charge in [0.25, 0.3) is 5.91 Å². The maximum absolute atomic E-state index is 11.6. The number of nitrogens with two attached hydrogens (primary N) is 1. The second-order valence-corrected chi connectivity index (χ2v) is 3.84. The Balaban J connectivity index is 2.31. The van der Waals surface area contributed by atoms with Crippen LogP contribution in [-0.4, -0.2) is 10.5 Å². The summed E-state index contributed by atoms with van der Waals surface area (Å²) in [4.78, 5) is 22.6. The highest BCUT2D eigenvalue weighted by Gasteiger charge is 2.08. The molecular formula is C13H13N3O2. The fourth-order valence-electron chi connectivity index (χ4n) is 1.70. The number of aromatic nitrogens is 1. The predicted octanol–water partition coefficient (Wildman–Crippen LogP) is 0.500. The lowest BCUT2D eigenvalue weighted by Gasteiger charge is -2.10. The average Bonchev–Trinajstić information content (AvgIpc) is 2.41. The first-order chi connectivity index (χ1) is 8.70. The highest BCUT2D eigenvalue weighted by atomic mass is 16.2. The Hall–Kier alpha value is -2.40. The van der Waals surface area contributed by atoms with Crippen LogP contribution in [-0.2, 0) is 6.54 Å². The Bertz CT molecular complexity index is 599. The number of amides is 1. The maximum Gasteiger partial charge on any atom is 0.265 e. The smallest absolute Gasteiger partial charge is 0.265 e. The number of rotatable bonds is 3. The highest BCUT2D eigenvalue weighted by molar-refractivity contribution is 5.95. The summed E-state index contributed by atoms with van der Waals surface area (Å²) in [7, 11) is 0. The molecule has 3 N–H and O–H groups in total. The van der Waals surface area contributed by atoms with Crippen LogP contribution in [0.3, 0.4) is 0 Å². The first-order valence-corrected chi connectivity index (χ1v) is 5.45. The number of benzene rings is 1. The lowest BCUT2D eigenvalue weighted by Crippen LogP contribution is -2.31. The molecule has 1 aromatic heterocycles. The van der Waals surface area contributed by atoms with Crippen LogP contribution < -0.4 is 16.7 Å². The zero-order valence-electron chi connectivity index (χ0n) is 9.67. The minimum Gasteiger partial charge on any atom is -0.350 e. The van der Waals surface area contributed by atoms with Crippen molar-refractivity contribution in [3.8, 4) is 0 Å². The highest BCUT2D eigenvalue weighted by Crippen LogP contribution is 2.10. The number of pyridine rings is 1. The van der Waals surface area contributed by atoms with Gasteiger partial charge in [-0.15, -0.1) is 0 Å². The molecule has 1 amide bonds. The fraction of sp³-hybridized carbons (Fsp3) is 0.0769. The molecule has 2 rings (SSSR count). The van der Waals surface area contributed by atoms with E-state index in [4.69, 9.17) is 5.84 Å². The molecule has 0 radical (unpaired) electrons. The van der Waals surface area contributed by atoms with Crippen LogP contribution >= 0.6 is 0 Å². The first-order valence-electron chi connectivity index (χ1n) is 5.45. The maximum atomic E-state index is 11.6. The molecule has 0 aliphatic heterocycles. The molecule has 5 nitrogen and oxygen atoms in total. The number of nitrogen functional groups attached to an aromatic ring is 1. The molecule has 18 heavy (non-hydrogen) atoms. The predicted molar refractivity (Wildman–Crippen MR) is 67.9 cm³/mol. The van der Waals surface area contributed by atoms with Crippen molar-refractivity contribution in [2.24, 2.45) is 5.84 Å². The summed E-state index contributed by atoms with van der Waals surface area (Å²) in [6.07, 6.45) is 3.36. The van der Waals surface area contributed by atoms with Gasteiger partial charge in [0.1, 0.15) is 0 Å².